The minimum atomic E-state index is -0.194. The monoisotopic (exact) mass is 450 g/mol. The Morgan fingerprint density at radius 3 is 0.400 bits per heavy atom. The van der Waals surface area contributed by atoms with Crippen molar-refractivity contribution in [3.05, 3.63) is 0 Å². The lowest BCUT2D eigenvalue weighted by Crippen LogP contribution is -2.55. The number of hydrogen-bond donors (Lipinski definition) is 10. The Morgan fingerprint density at radius 1 is 0.200 bits per heavy atom. The highest BCUT2D eigenvalue weighted by Gasteiger charge is 1.94. The SMILES string of the molecule is N1[SiH2]N[SiH2]N[SiH2]N[SiH2]N[SiH2]N[SiH2]N[SiH2]N[SiH2]N[SiH2]N[SiH2]1. The zero-order valence-corrected chi connectivity index (χ0v) is 26.2. The Labute approximate surface area is 144 Å². The molecule has 20 heavy (non-hydrogen) atoms. The number of rotatable bonds is 0. The molecule has 10 N–H and O–H groups in total. The lowest BCUT2D eigenvalue weighted by molar-refractivity contribution is 1.28. The van der Waals surface area contributed by atoms with Crippen LogP contribution in [-0.4, -0.2) is 98.4 Å². The molecule has 10 nitrogen and oxygen atoms in total. The van der Waals surface area contributed by atoms with Gasteiger partial charge < -0.3 is 46.5 Å². The van der Waals surface area contributed by atoms with Gasteiger partial charge in [-0.3, -0.25) is 0 Å². The van der Waals surface area contributed by atoms with Crippen molar-refractivity contribution in [2.24, 2.45) is 0 Å². The van der Waals surface area contributed by atoms with Gasteiger partial charge in [0.15, 0.2) is 98.4 Å². The van der Waals surface area contributed by atoms with Gasteiger partial charge in [-0.25, -0.2) is 0 Å². The molecule has 0 aromatic carbocycles. The molecule has 0 amide bonds. The Hall–Kier alpha value is 1.77. The second-order valence-electron chi connectivity index (χ2n) is 4.27. The minimum absolute atomic E-state index is 0.194. The normalized spacial score (nSPS) is 36.0. The Bertz CT molecular complexity index is 106. The highest BCUT2D eigenvalue weighted by Crippen LogP contribution is 1.48. The van der Waals surface area contributed by atoms with E-state index >= 15 is 0 Å². The van der Waals surface area contributed by atoms with Gasteiger partial charge in [0.1, 0.15) is 0 Å². The van der Waals surface area contributed by atoms with Crippen LogP contribution in [0.25, 0.3) is 0 Å². The molecule has 0 radical (unpaired) electrons. The Morgan fingerprint density at radius 2 is 0.300 bits per heavy atom. The van der Waals surface area contributed by atoms with Crippen molar-refractivity contribution in [1.29, 1.82) is 0 Å². The van der Waals surface area contributed by atoms with Crippen molar-refractivity contribution >= 4 is 98.4 Å². The maximum absolute atomic E-state index is 3.64. The van der Waals surface area contributed by atoms with Crippen molar-refractivity contribution < 1.29 is 0 Å². The molecule has 0 saturated carbocycles. The van der Waals surface area contributed by atoms with Gasteiger partial charge in [0.2, 0.25) is 0 Å². The smallest absolute Gasteiger partial charge is 0.155 e. The molecule has 0 bridgehead atoms. The van der Waals surface area contributed by atoms with E-state index in [-0.39, 0.29) is 98.4 Å². The molecule has 0 spiro atoms. The van der Waals surface area contributed by atoms with Gasteiger partial charge in [0.25, 0.3) is 0 Å². The molecule has 0 unspecified atom stereocenters. The molecule has 0 aromatic rings. The fourth-order valence-corrected chi connectivity index (χ4v) is 29.5. The number of nitrogens with one attached hydrogen (secondary N) is 10. The summed E-state index contributed by atoms with van der Waals surface area (Å²) >= 11 is 0. The molecule has 1 fully saturated rings. The van der Waals surface area contributed by atoms with Crippen LogP contribution in [0.5, 0.6) is 0 Å². The molecule has 120 valence electrons. The van der Waals surface area contributed by atoms with Crippen LogP contribution in [0.4, 0.5) is 0 Å². The van der Waals surface area contributed by atoms with E-state index in [0.29, 0.717) is 0 Å². The summed E-state index contributed by atoms with van der Waals surface area (Å²) in [4.78, 5) is 0. The van der Waals surface area contributed by atoms with Gasteiger partial charge in [-0.05, 0) is 0 Å². The van der Waals surface area contributed by atoms with Crippen LogP contribution in [-0.2, 0) is 0 Å². The van der Waals surface area contributed by atoms with E-state index in [1.807, 2.05) is 0 Å². The minimum Gasteiger partial charge on any atom is -0.346 e. The van der Waals surface area contributed by atoms with Crippen molar-refractivity contribution in [2.75, 3.05) is 0 Å². The van der Waals surface area contributed by atoms with Crippen LogP contribution < -0.4 is 46.5 Å². The summed E-state index contributed by atoms with van der Waals surface area (Å²) < 4.78 is 36.4. The topological polar surface area (TPSA) is 120 Å². The van der Waals surface area contributed by atoms with Crippen LogP contribution in [0, 0.1) is 0 Å². The lowest BCUT2D eigenvalue weighted by atomic mass is 13.7. The summed E-state index contributed by atoms with van der Waals surface area (Å²) in [6.07, 6.45) is 0. The van der Waals surface area contributed by atoms with E-state index in [0.717, 1.165) is 0 Å². The fourth-order valence-electron chi connectivity index (χ4n) is 1.51. The first kappa shape index (κ1) is 19.8. The van der Waals surface area contributed by atoms with E-state index in [2.05, 4.69) is 46.5 Å². The molecular weight excluding hydrogens is 421 g/mol. The van der Waals surface area contributed by atoms with E-state index < -0.39 is 0 Å². The van der Waals surface area contributed by atoms with Gasteiger partial charge in [0, 0.05) is 0 Å². The maximum Gasteiger partial charge on any atom is 0.155 e. The molecule has 0 aliphatic carbocycles. The first-order valence-electron chi connectivity index (χ1n) is 7.07. The summed E-state index contributed by atoms with van der Waals surface area (Å²) in [5.41, 5.74) is 0. The van der Waals surface area contributed by atoms with Crippen molar-refractivity contribution in [1.82, 2.24) is 46.5 Å². The van der Waals surface area contributed by atoms with E-state index in [9.17, 15) is 0 Å². The van der Waals surface area contributed by atoms with Crippen LogP contribution >= 0.6 is 0 Å². The first-order valence-corrected chi connectivity index (χ1v) is 21.2. The van der Waals surface area contributed by atoms with Crippen LogP contribution in [0.15, 0.2) is 0 Å². The molecule has 1 saturated heterocycles. The van der Waals surface area contributed by atoms with Crippen LogP contribution in [0.3, 0.4) is 0 Å². The third-order valence-electron chi connectivity index (χ3n) is 2.50. The quantitative estimate of drug-likeness (QED) is 0.163. The molecule has 0 atom stereocenters. The maximum atomic E-state index is 3.64. The molecule has 0 aromatic heterocycles. The van der Waals surface area contributed by atoms with E-state index in [1.165, 1.54) is 0 Å². The van der Waals surface area contributed by atoms with Gasteiger partial charge >= 0.3 is 0 Å². The average Bonchev–Trinajstić information content (AvgIpc) is 2.46. The molecular formula is H30N10Si10. The summed E-state index contributed by atoms with van der Waals surface area (Å²) in [5, 5.41) is 0. The predicted molar refractivity (Wildman–Crippen MR) is 117 cm³/mol. The summed E-state index contributed by atoms with van der Waals surface area (Å²) in [5.74, 6) is 0. The molecule has 20 heteroatoms. The summed E-state index contributed by atoms with van der Waals surface area (Å²) in [6.45, 7) is 0. The van der Waals surface area contributed by atoms with Crippen LogP contribution in [0.2, 0.25) is 0 Å². The Balaban J connectivity index is 2.00. The highest BCUT2D eigenvalue weighted by molar-refractivity contribution is 6.66. The molecule has 1 rings (SSSR count). The van der Waals surface area contributed by atoms with Crippen LogP contribution in [0.1, 0.15) is 0 Å². The third kappa shape index (κ3) is 14.7. The first-order chi connectivity index (χ1) is 10.0. The lowest BCUT2D eigenvalue weighted by Gasteiger charge is -2.11. The van der Waals surface area contributed by atoms with Gasteiger partial charge in [-0.15, -0.1) is 0 Å². The zero-order chi connectivity index (χ0) is 14.1. The fraction of sp³-hybridized carbons (Fsp3) is 0. The highest BCUT2D eigenvalue weighted by atomic mass is 28.4. The van der Waals surface area contributed by atoms with Crippen molar-refractivity contribution in [3.8, 4) is 0 Å². The second-order valence-corrected chi connectivity index (χ2v) is 27.8. The summed E-state index contributed by atoms with van der Waals surface area (Å²) in [7, 11) is -1.94. The van der Waals surface area contributed by atoms with E-state index in [4.69, 9.17) is 0 Å². The van der Waals surface area contributed by atoms with Gasteiger partial charge in [-0.2, -0.15) is 0 Å². The second kappa shape index (κ2) is 17.1. The molecule has 1 heterocycles. The van der Waals surface area contributed by atoms with E-state index in [1.54, 1.807) is 0 Å². The summed E-state index contributed by atoms with van der Waals surface area (Å²) in [6, 6.07) is 0. The Kier molecular flexibility index (Phi) is 17.0. The standard InChI is InChI=1S/H30N10Si10/c1-11-2-13-4-15-6-17-8-19-10-20-9-18-7-16-5-14-3-12-1/h1-10H,11-20H2. The van der Waals surface area contributed by atoms with Gasteiger partial charge in [-0.1, -0.05) is 0 Å². The third-order valence-corrected chi connectivity index (χ3v) is 22.5. The van der Waals surface area contributed by atoms with Crippen molar-refractivity contribution in [3.63, 3.8) is 0 Å². The van der Waals surface area contributed by atoms with Gasteiger partial charge in [0.05, 0.1) is 0 Å². The number of hydrogen-bond acceptors (Lipinski definition) is 10. The zero-order valence-electron chi connectivity index (χ0n) is 12.1. The van der Waals surface area contributed by atoms with Crippen molar-refractivity contribution in [2.45, 2.75) is 0 Å². The molecule has 1 aliphatic heterocycles. The average molecular weight is 451 g/mol. The largest absolute Gasteiger partial charge is 0.346 e. The molecule has 1 aliphatic rings. The predicted octanol–water partition coefficient (Wildman–Crippen LogP) is -14.1.